The molecule has 236 valence electrons. The van der Waals surface area contributed by atoms with Crippen molar-refractivity contribution in [3.63, 3.8) is 0 Å². The zero-order valence-corrected chi connectivity index (χ0v) is 24.1. The van der Waals surface area contributed by atoms with Crippen LogP contribution in [0.25, 0.3) is 0 Å². The van der Waals surface area contributed by atoms with Gasteiger partial charge in [0.15, 0.2) is 0 Å². The second-order valence-electron chi connectivity index (χ2n) is 11.0. The summed E-state index contributed by atoms with van der Waals surface area (Å²) in [4.78, 5) is 27.5. The number of benzene rings is 3. The number of nitrogens with zero attached hydrogens (tertiary/aromatic N) is 1. The molecule has 0 heterocycles. The molecule has 1 aliphatic carbocycles. The lowest BCUT2D eigenvalue weighted by Crippen LogP contribution is -2.45. The van der Waals surface area contributed by atoms with Crippen LogP contribution in [0.2, 0.25) is 0 Å². The van der Waals surface area contributed by atoms with Gasteiger partial charge in [-0.05, 0) is 48.6 Å². The lowest BCUT2D eigenvalue weighted by atomic mass is 9.88. The van der Waals surface area contributed by atoms with E-state index >= 15 is 0 Å². The van der Waals surface area contributed by atoms with Crippen LogP contribution in [0.5, 0.6) is 0 Å². The highest BCUT2D eigenvalue weighted by molar-refractivity contribution is 5.90. The van der Waals surface area contributed by atoms with Crippen molar-refractivity contribution in [3.05, 3.63) is 101 Å². The predicted octanol–water partition coefficient (Wildman–Crippen LogP) is 8.62. The van der Waals surface area contributed by atoms with Gasteiger partial charge in [0.05, 0.1) is 11.1 Å². The molecule has 3 aromatic carbocycles. The van der Waals surface area contributed by atoms with E-state index in [1.165, 1.54) is 4.90 Å². The fraction of sp³-hybridized carbons (Fsp3) is 0.394. The molecule has 2 N–H and O–H groups in total. The molecule has 0 unspecified atom stereocenters. The van der Waals surface area contributed by atoms with E-state index in [1.54, 1.807) is 0 Å². The Hall–Kier alpha value is -4.02. The molecule has 0 bridgehead atoms. The maximum atomic E-state index is 13.3. The zero-order valence-electron chi connectivity index (χ0n) is 24.1. The normalized spacial score (nSPS) is 14.3. The van der Waals surface area contributed by atoms with Gasteiger partial charge in [-0.2, -0.15) is 26.3 Å². The molecule has 1 saturated carbocycles. The summed E-state index contributed by atoms with van der Waals surface area (Å²) in [6.07, 6.45) is -5.66. The highest BCUT2D eigenvalue weighted by atomic mass is 19.4. The number of rotatable bonds is 10. The van der Waals surface area contributed by atoms with E-state index < -0.39 is 35.2 Å². The Labute approximate surface area is 252 Å². The van der Waals surface area contributed by atoms with E-state index in [4.69, 9.17) is 0 Å². The first-order chi connectivity index (χ1) is 20.9. The third-order valence-electron chi connectivity index (χ3n) is 7.85. The first-order valence-electron chi connectivity index (χ1n) is 14.7. The number of nitrogens with one attached hydrogen (secondary N) is 2. The molecule has 44 heavy (non-hydrogen) atoms. The number of urea groups is 1. The number of alkyl halides is 6. The molecule has 0 radical (unpaired) electrons. The Balaban J connectivity index is 1.42. The SMILES string of the molecule is O=C(CCN(C(=O)Nc1cc(C(F)(F)F)cc(C(F)(F)F)c1)C1CCCCC1)NCCC(c1ccccc1)c1ccccc1. The molecule has 1 aliphatic rings. The van der Waals surface area contributed by atoms with Crippen LogP contribution in [-0.4, -0.2) is 36.0 Å². The zero-order chi connectivity index (χ0) is 31.7. The Morgan fingerprint density at radius 2 is 1.30 bits per heavy atom. The fourth-order valence-electron chi connectivity index (χ4n) is 5.63. The van der Waals surface area contributed by atoms with Gasteiger partial charge in [-0.1, -0.05) is 79.9 Å². The molecule has 3 aromatic rings. The molecular weight excluding hydrogens is 584 g/mol. The fourth-order valence-corrected chi connectivity index (χ4v) is 5.63. The molecule has 0 spiro atoms. The molecule has 0 aliphatic heterocycles. The van der Waals surface area contributed by atoms with E-state index in [2.05, 4.69) is 10.6 Å². The van der Waals surface area contributed by atoms with Crippen molar-refractivity contribution in [2.75, 3.05) is 18.4 Å². The molecule has 5 nitrogen and oxygen atoms in total. The van der Waals surface area contributed by atoms with Crippen LogP contribution in [-0.2, 0) is 17.1 Å². The number of hydrogen-bond acceptors (Lipinski definition) is 2. The van der Waals surface area contributed by atoms with E-state index in [9.17, 15) is 35.9 Å². The summed E-state index contributed by atoms with van der Waals surface area (Å²) >= 11 is 0. The van der Waals surface area contributed by atoms with Gasteiger partial charge < -0.3 is 15.5 Å². The topological polar surface area (TPSA) is 61.4 Å². The van der Waals surface area contributed by atoms with Crippen molar-refractivity contribution in [1.82, 2.24) is 10.2 Å². The monoisotopic (exact) mass is 619 g/mol. The van der Waals surface area contributed by atoms with Gasteiger partial charge in [0.2, 0.25) is 5.91 Å². The maximum Gasteiger partial charge on any atom is 0.416 e. The molecule has 0 atom stereocenters. The molecule has 0 saturated heterocycles. The van der Waals surface area contributed by atoms with Gasteiger partial charge >= 0.3 is 18.4 Å². The van der Waals surface area contributed by atoms with Crippen LogP contribution in [0, 0.1) is 0 Å². The quantitative estimate of drug-likeness (QED) is 0.223. The summed E-state index contributed by atoms with van der Waals surface area (Å²) in [6.45, 7) is 0.335. The maximum absolute atomic E-state index is 13.3. The van der Waals surface area contributed by atoms with Gasteiger partial charge in [-0.3, -0.25) is 4.79 Å². The van der Waals surface area contributed by atoms with Crippen molar-refractivity contribution < 1.29 is 35.9 Å². The van der Waals surface area contributed by atoms with Crippen molar-refractivity contribution in [1.29, 1.82) is 0 Å². The van der Waals surface area contributed by atoms with Gasteiger partial charge in [0, 0.05) is 37.2 Å². The van der Waals surface area contributed by atoms with Crippen molar-refractivity contribution >= 4 is 17.6 Å². The second-order valence-corrected chi connectivity index (χ2v) is 11.0. The smallest absolute Gasteiger partial charge is 0.356 e. The van der Waals surface area contributed by atoms with Crippen molar-refractivity contribution in [3.8, 4) is 0 Å². The Kier molecular flexibility index (Phi) is 10.9. The lowest BCUT2D eigenvalue weighted by molar-refractivity contribution is -0.143. The number of halogens is 6. The number of hydrogen-bond donors (Lipinski definition) is 2. The molecule has 1 fully saturated rings. The Morgan fingerprint density at radius 1 is 0.773 bits per heavy atom. The van der Waals surface area contributed by atoms with Crippen molar-refractivity contribution in [2.24, 2.45) is 0 Å². The largest absolute Gasteiger partial charge is 0.416 e. The third kappa shape index (κ3) is 9.24. The molecule has 4 rings (SSSR count). The van der Waals surface area contributed by atoms with Crippen LogP contribution >= 0.6 is 0 Å². The molecule has 0 aromatic heterocycles. The summed E-state index contributed by atoms with van der Waals surface area (Å²) in [6, 6.07) is 19.7. The highest BCUT2D eigenvalue weighted by Gasteiger charge is 2.37. The van der Waals surface area contributed by atoms with Gasteiger partial charge in [-0.15, -0.1) is 0 Å². The summed E-state index contributed by atoms with van der Waals surface area (Å²) < 4.78 is 80.1. The second kappa shape index (κ2) is 14.6. The summed E-state index contributed by atoms with van der Waals surface area (Å²) in [5.41, 5.74) is -1.44. The van der Waals surface area contributed by atoms with Crippen LogP contribution in [0.1, 0.15) is 73.1 Å². The summed E-state index contributed by atoms with van der Waals surface area (Å²) in [7, 11) is 0. The van der Waals surface area contributed by atoms with Crippen LogP contribution in [0.3, 0.4) is 0 Å². The standard InChI is InChI=1S/C33H35F6N3O2/c34-32(35,36)25-20-26(33(37,38)39)22-27(21-25)41-31(44)42(28-14-8-3-9-15-28)19-17-30(43)40-18-16-29(23-10-4-1-5-11-23)24-12-6-2-7-13-24/h1-2,4-7,10-13,20-22,28-29H,3,8-9,14-19H2,(H,40,43)(H,41,44). The van der Waals surface area contributed by atoms with Crippen LogP contribution < -0.4 is 10.6 Å². The number of amides is 3. The van der Waals surface area contributed by atoms with E-state index in [1.807, 2.05) is 60.7 Å². The predicted molar refractivity (Wildman–Crippen MR) is 156 cm³/mol. The highest BCUT2D eigenvalue weighted by Crippen LogP contribution is 2.38. The molecule has 3 amide bonds. The number of carbonyl (C=O) groups is 2. The Morgan fingerprint density at radius 3 is 1.80 bits per heavy atom. The first-order valence-corrected chi connectivity index (χ1v) is 14.7. The minimum absolute atomic E-state index is 0.0129. The van der Waals surface area contributed by atoms with Gasteiger partial charge in [0.1, 0.15) is 0 Å². The minimum atomic E-state index is -5.04. The first kappa shape index (κ1) is 32.9. The summed E-state index contributed by atoms with van der Waals surface area (Å²) in [5, 5.41) is 5.14. The molecular formula is C33H35F6N3O2. The van der Waals surface area contributed by atoms with Crippen molar-refractivity contribution in [2.45, 2.75) is 69.3 Å². The minimum Gasteiger partial charge on any atom is -0.356 e. The van der Waals surface area contributed by atoms with Gasteiger partial charge in [-0.25, -0.2) is 4.79 Å². The third-order valence-corrected chi connectivity index (χ3v) is 7.85. The molecule has 11 heteroatoms. The van der Waals surface area contributed by atoms with E-state index in [-0.39, 0.29) is 36.9 Å². The lowest BCUT2D eigenvalue weighted by Gasteiger charge is -2.34. The average molecular weight is 620 g/mol. The van der Waals surface area contributed by atoms with Gasteiger partial charge in [0.25, 0.3) is 0 Å². The Bertz CT molecular complexity index is 1300. The number of anilines is 1. The van der Waals surface area contributed by atoms with E-state index in [0.29, 0.717) is 37.9 Å². The van der Waals surface area contributed by atoms with Crippen LogP contribution in [0.4, 0.5) is 36.8 Å². The summed E-state index contributed by atoms with van der Waals surface area (Å²) in [5.74, 6) is -0.256. The average Bonchev–Trinajstić information content (AvgIpc) is 3.00. The van der Waals surface area contributed by atoms with E-state index in [0.717, 1.165) is 30.4 Å². The number of carbonyl (C=O) groups excluding carboxylic acids is 2. The van der Waals surface area contributed by atoms with Crippen LogP contribution in [0.15, 0.2) is 78.9 Å².